The lowest BCUT2D eigenvalue weighted by Gasteiger charge is -2.21. The summed E-state index contributed by atoms with van der Waals surface area (Å²) in [5, 5.41) is 10.6. The van der Waals surface area contributed by atoms with Gasteiger partial charge in [0.05, 0.1) is 26.4 Å². The van der Waals surface area contributed by atoms with E-state index in [1.165, 1.54) is 193 Å². The van der Waals surface area contributed by atoms with Crippen molar-refractivity contribution < 1.29 is 80.2 Å². The van der Waals surface area contributed by atoms with E-state index in [4.69, 9.17) is 37.0 Å². The fraction of sp³-hybridized carbons (Fsp3) is 0.947. The van der Waals surface area contributed by atoms with Crippen molar-refractivity contribution in [2.75, 3.05) is 39.6 Å². The Hall–Kier alpha value is -1.94. The Morgan fingerprint density at radius 2 is 0.489 bits per heavy atom. The zero-order valence-electron chi connectivity index (χ0n) is 61.4. The monoisotopic (exact) mass is 1380 g/mol. The van der Waals surface area contributed by atoms with Crippen molar-refractivity contribution in [2.24, 2.45) is 17.8 Å². The molecule has 94 heavy (non-hydrogen) atoms. The summed E-state index contributed by atoms with van der Waals surface area (Å²) < 4.78 is 68.5. The number of unbranched alkanes of at least 4 members (excludes halogenated alkanes) is 41. The Bertz CT molecular complexity index is 1840. The lowest BCUT2D eigenvalue weighted by molar-refractivity contribution is -0.161. The third kappa shape index (κ3) is 68.6. The van der Waals surface area contributed by atoms with Crippen LogP contribution in [-0.4, -0.2) is 96.7 Å². The van der Waals surface area contributed by atoms with E-state index < -0.39 is 97.5 Å². The number of ether oxygens (including phenoxy) is 4. The second-order valence-corrected chi connectivity index (χ2v) is 31.4. The number of carbonyl (C=O) groups excluding carboxylic acids is 4. The van der Waals surface area contributed by atoms with Crippen molar-refractivity contribution in [3.63, 3.8) is 0 Å². The minimum absolute atomic E-state index is 0.104. The molecular formula is C75H146O17P2. The number of phosphoric ester groups is 2. The molecule has 0 radical (unpaired) electrons. The summed E-state index contributed by atoms with van der Waals surface area (Å²) in [6.45, 7) is 11.8. The van der Waals surface area contributed by atoms with Crippen LogP contribution in [0.1, 0.15) is 382 Å². The summed E-state index contributed by atoms with van der Waals surface area (Å²) in [5.74, 6) is 0.111. The SMILES string of the molecule is CCCCCCCCCCCCCCCCCCC(=O)OC[C@H](COP(=O)(O)OC[C@@H](O)COP(=O)(O)OC[C@@H](COC(=O)CCCCCCCCCCC(C)C)OC(=O)CCCCCCCCCCC(C)C)OC(=O)CCCCCCCCCCCCCCCC(C)C. The summed E-state index contributed by atoms with van der Waals surface area (Å²) >= 11 is 0. The maximum atomic E-state index is 13.1. The Balaban J connectivity index is 5.25. The van der Waals surface area contributed by atoms with Crippen molar-refractivity contribution in [3.05, 3.63) is 0 Å². The fourth-order valence-corrected chi connectivity index (χ4v) is 13.0. The molecule has 0 bridgehead atoms. The van der Waals surface area contributed by atoms with Gasteiger partial charge in [-0.1, -0.05) is 331 Å². The van der Waals surface area contributed by atoms with Crippen LogP contribution in [0.5, 0.6) is 0 Å². The lowest BCUT2D eigenvalue weighted by Crippen LogP contribution is -2.30. The summed E-state index contributed by atoms with van der Waals surface area (Å²) in [7, 11) is -9.91. The highest BCUT2D eigenvalue weighted by Crippen LogP contribution is 2.45. The lowest BCUT2D eigenvalue weighted by atomic mass is 10.0. The highest BCUT2D eigenvalue weighted by atomic mass is 31.2. The summed E-state index contributed by atoms with van der Waals surface area (Å²) in [5.41, 5.74) is 0. The molecular weight excluding hydrogens is 1230 g/mol. The Morgan fingerprint density at radius 1 is 0.287 bits per heavy atom. The van der Waals surface area contributed by atoms with Crippen molar-refractivity contribution >= 4 is 39.5 Å². The van der Waals surface area contributed by atoms with Gasteiger partial charge in [-0.25, -0.2) is 9.13 Å². The first-order valence-corrected chi connectivity index (χ1v) is 41.8. The van der Waals surface area contributed by atoms with Gasteiger partial charge in [-0.2, -0.15) is 0 Å². The van der Waals surface area contributed by atoms with Gasteiger partial charge in [0, 0.05) is 25.7 Å². The molecule has 0 aromatic rings. The zero-order chi connectivity index (χ0) is 69.4. The van der Waals surface area contributed by atoms with Crippen molar-refractivity contribution in [1.82, 2.24) is 0 Å². The van der Waals surface area contributed by atoms with E-state index in [0.29, 0.717) is 25.7 Å². The van der Waals surface area contributed by atoms with Crippen LogP contribution in [0, 0.1) is 17.8 Å². The van der Waals surface area contributed by atoms with Crippen LogP contribution in [-0.2, 0) is 65.4 Å². The second-order valence-electron chi connectivity index (χ2n) is 28.5. The van der Waals surface area contributed by atoms with Crippen LogP contribution in [0.4, 0.5) is 0 Å². The molecule has 0 aromatic heterocycles. The van der Waals surface area contributed by atoms with Gasteiger partial charge < -0.3 is 33.8 Å². The number of hydrogen-bond donors (Lipinski definition) is 3. The summed E-state index contributed by atoms with van der Waals surface area (Å²) in [6.07, 6.45) is 51.4. The molecule has 0 rings (SSSR count). The predicted molar refractivity (Wildman–Crippen MR) is 381 cm³/mol. The average molecular weight is 1380 g/mol. The molecule has 5 atom stereocenters. The molecule has 0 aliphatic carbocycles. The molecule has 0 heterocycles. The number of rotatable bonds is 73. The van der Waals surface area contributed by atoms with Gasteiger partial charge in [0.2, 0.25) is 0 Å². The molecule has 0 fully saturated rings. The van der Waals surface area contributed by atoms with Gasteiger partial charge in [0.25, 0.3) is 0 Å². The number of esters is 4. The standard InChI is InChI=1S/C75H146O17P2/c1-8-9-10-11-12-13-14-15-16-17-20-23-26-35-42-49-56-72(77)85-62-70(91-74(79)58-51-44-37-27-24-21-18-19-22-25-32-39-46-53-66(2)3)64-89-93(81,82)87-60-69(76)61-88-94(83,84)90-65-71(92-75(80)59-52-45-38-31-29-34-41-48-55-68(6)7)63-86-73(78)57-50-43-36-30-28-33-40-47-54-67(4)5/h66-71,76H,8-65H2,1-7H3,(H,81,82)(H,83,84)/t69-,70-,71-/m1/s1. The third-order valence-electron chi connectivity index (χ3n) is 17.4. The van der Waals surface area contributed by atoms with Gasteiger partial charge in [-0.05, 0) is 43.4 Å². The molecule has 17 nitrogen and oxygen atoms in total. The molecule has 0 aliphatic rings. The first-order valence-electron chi connectivity index (χ1n) is 38.8. The van der Waals surface area contributed by atoms with Gasteiger partial charge in [0.1, 0.15) is 19.3 Å². The quantitative estimate of drug-likeness (QED) is 0.0222. The van der Waals surface area contributed by atoms with Gasteiger partial charge in [0.15, 0.2) is 12.2 Å². The zero-order valence-corrected chi connectivity index (χ0v) is 63.2. The fourth-order valence-electron chi connectivity index (χ4n) is 11.4. The molecule has 0 spiro atoms. The van der Waals surface area contributed by atoms with Crippen LogP contribution in [0.2, 0.25) is 0 Å². The van der Waals surface area contributed by atoms with Crippen LogP contribution in [0.15, 0.2) is 0 Å². The molecule has 0 aliphatic heterocycles. The van der Waals surface area contributed by atoms with E-state index >= 15 is 0 Å². The van der Waals surface area contributed by atoms with Crippen LogP contribution < -0.4 is 0 Å². The topological polar surface area (TPSA) is 237 Å². The minimum atomic E-state index is -4.96. The maximum absolute atomic E-state index is 13.1. The normalized spacial score (nSPS) is 14.1. The van der Waals surface area contributed by atoms with Crippen LogP contribution in [0.3, 0.4) is 0 Å². The molecule has 0 aromatic carbocycles. The highest BCUT2D eigenvalue weighted by molar-refractivity contribution is 7.47. The van der Waals surface area contributed by atoms with E-state index in [1.54, 1.807) is 0 Å². The maximum Gasteiger partial charge on any atom is 0.472 e. The minimum Gasteiger partial charge on any atom is -0.462 e. The van der Waals surface area contributed by atoms with E-state index in [1.807, 2.05) is 0 Å². The van der Waals surface area contributed by atoms with E-state index in [9.17, 15) is 43.2 Å². The Labute approximate surface area is 575 Å². The molecule has 0 amide bonds. The number of aliphatic hydroxyl groups is 1. The number of carbonyl (C=O) groups is 4. The Morgan fingerprint density at radius 3 is 0.723 bits per heavy atom. The molecule has 0 saturated carbocycles. The first kappa shape index (κ1) is 92.1. The first-order chi connectivity index (χ1) is 45.2. The summed E-state index contributed by atoms with van der Waals surface area (Å²) in [4.78, 5) is 72.8. The van der Waals surface area contributed by atoms with Crippen LogP contribution >= 0.6 is 15.6 Å². The second kappa shape index (κ2) is 65.7. The van der Waals surface area contributed by atoms with Crippen molar-refractivity contribution in [2.45, 2.75) is 401 Å². The van der Waals surface area contributed by atoms with Crippen molar-refractivity contribution in [3.8, 4) is 0 Å². The molecule has 3 N–H and O–H groups in total. The van der Waals surface area contributed by atoms with Gasteiger partial charge in [-0.15, -0.1) is 0 Å². The van der Waals surface area contributed by atoms with E-state index in [2.05, 4.69) is 48.5 Å². The highest BCUT2D eigenvalue weighted by Gasteiger charge is 2.30. The van der Waals surface area contributed by atoms with Crippen molar-refractivity contribution in [1.29, 1.82) is 0 Å². The molecule has 0 saturated heterocycles. The molecule has 558 valence electrons. The predicted octanol–water partition coefficient (Wildman–Crippen LogP) is 21.8. The largest absolute Gasteiger partial charge is 0.472 e. The molecule has 19 heteroatoms. The number of phosphoric acid groups is 2. The van der Waals surface area contributed by atoms with Gasteiger partial charge >= 0.3 is 39.5 Å². The number of hydrogen-bond acceptors (Lipinski definition) is 15. The molecule has 2 unspecified atom stereocenters. The van der Waals surface area contributed by atoms with E-state index in [0.717, 1.165) is 108 Å². The Kier molecular flexibility index (Phi) is 64.3. The smallest absolute Gasteiger partial charge is 0.462 e. The average Bonchev–Trinajstić information content (AvgIpc) is 1.73. The van der Waals surface area contributed by atoms with E-state index in [-0.39, 0.29) is 25.7 Å². The van der Waals surface area contributed by atoms with Gasteiger partial charge in [-0.3, -0.25) is 37.3 Å². The van der Waals surface area contributed by atoms with Crippen LogP contribution in [0.25, 0.3) is 0 Å². The summed E-state index contributed by atoms with van der Waals surface area (Å²) in [6, 6.07) is 0. The number of aliphatic hydroxyl groups excluding tert-OH is 1. The third-order valence-corrected chi connectivity index (χ3v) is 19.3.